The monoisotopic (exact) mass is 542 g/mol. The van der Waals surface area contributed by atoms with Crippen LogP contribution in [0.1, 0.15) is 5.56 Å². The van der Waals surface area contributed by atoms with Gasteiger partial charge in [-0.1, -0.05) is 23.2 Å². The molecule has 0 atom stereocenters. The van der Waals surface area contributed by atoms with Gasteiger partial charge in [0.05, 0.1) is 28.9 Å². The van der Waals surface area contributed by atoms with Gasteiger partial charge in [-0.2, -0.15) is 0 Å². The second kappa shape index (κ2) is 10.6. The van der Waals surface area contributed by atoms with Gasteiger partial charge < -0.3 is 9.84 Å². The molecular formula is C21H18Cl2N3O4S3-. The molecule has 0 bridgehead atoms. The molecule has 2 heterocycles. The molecular weight excluding hydrogens is 525 g/mol. The summed E-state index contributed by atoms with van der Waals surface area (Å²) < 4.78 is 35.7. The van der Waals surface area contributed by atoms with Crippen LogP contribution in [0.4, 0.5) is 11.4 Å². The van der Waals surface area contributed by atoms with Crippen molar-refractivity contribution in [1.29, 1.82) is 0 Å². The summed E-state index contributed by atoms with van der Waals surface area (Å²) in [6.07, 6.45) is 0. The zero-order valence-corrected chi connectivity index (χ0v) is 21.0. The molecule has 0 spiro atoms. The number of ether oxygens (including phenoxy) is 1. The molecule has 1 aromatic heterocycles. The molecule has 7 nitrogen and oxygen atoms in total. The molecule has 1 saturated heterocycles. The second-order valence-electron chi connectivity index (χ2n) is 6.90. The van der Waals surface area contributed by atoms with E-state index in [2.05, 4.69) is 14.0 Å². The van der Waals surface area contributed by atoms with E-state index in [1.54, 1.807) is 24.1 Å². The molecule has 0 unspecified atom stereocenters. The average molecular weight is 543 g/mol. The predicted molar refractivity (Wildman–Crippen MR) is 132 cm³/mol. The lowest BCUT2D eigenvalue weighted by atomic mass is 10.2. The molecule has 1 N–H and O–H groups in total. The Labute approximate surface area is 210 Å². The van der Waals surface area contributed by atoms with Crippen LogP contribution in [0.3, 0.4) is 0 Å². The fourth-order valence-electron chi connectivity index (χ4n) is 2.97. The van der Waals surface area contributed by atoms with Gasteiger partial charge in [0.2, 0.25) is 0 Å². The van der Waals surface area contributed by atoms with Gasteiger partial charge in [0.1, 0.15) is 4.21 Å². The van der Waals surface area contributed by atoms with Crippen LogP contribution in [0.5, 0.6) is 0 Å². The Balaban J connectivity index is 1.55. The number of hydrogen-bond acceptors (Lipinski definition) is 8. The van der Waals surface area contributed by atoms with Crippen molar-refractivity contribution in [3.63, 3.8) is 0 Å². The number of nitrogens with zero attached hydrogens (tertiary/aromatic N) is 2. The first-order valence-corrected chi connectivity index (χ1v) is 13.6. The number of anilines is 1. The number of hydrogen-bond donors (Lipinski definition) is 1. The third kappa shape index (κ3) is 6.42. The van der Waals surface area contributed by atoms with E-state index in [4.69, 9.17) is 27.9 Å². The van der Waals surface area contributed by atoms with E-state index in [1.807, 2.05) is 12.1 Å². The first-order chi connectivity index (χ1) is 15.8. The summed E-state index contributed by atoms with van der Waals surface area (Å²) in [4.78, 5) is 5.15. The number of thiophene rings is 1. The lowest BCUT2D eigenvalue weighted by Gasteiger charge is -2.25. The zero-order chi connectivity index (χ0) is 23.4. The molecule has 174 valence electrons. The SMILES string of the molecule is O=S(=O)(Nc1ccc(Cl)cc1C([O-])=Nc1ccc(SN2CCOCC2)cc1)c1ccc(Cl)s1. The Hall–Kier alpha value is -1.79. The van der Waals surface area contributed by atoms with Crippen LogP contribution in [-0.4, -0.2) is 44.9 Å². The maximum Gasteiger partial charge on any atom is 0.271 e. The van der Waals surface area contributed by atoms with Crippen LogP contribution in [0.2, 0.25) is 9.36 Å². The van der Waals surface area contributed by atoms with Crippen molar-refractivity contribution in [3.05, 3.63) is 69.5 Å². The number of aliphatic imine (C=N–C) groups is 1. The van der Waals surface area contributed by atoms with Crippen molar-refractivity contribution < 1.29 is 18.3 Å². The summed E-state index contributed by atoms with van der Waals surface area (Å²) in [5.41, 5.74) is 0.572. The number of halogens is 2. The maximum atomic E-state index is 12.9. The van der Waals surface area contributed by atoms with Crippen LogP contribution in [0.25, 0.3) is 0 Å². The average Bonchev–Trinajstić information content (AvgIpc) is 3.24. The third-order valence-corrected chi connectivity index (χ3v) is 8.97. The topological polar surface area (TPSA) is 94.1 Å². The predicted octanol–water partition coefficient (Wildman–Crippen LogP) is 4.63. The number of sulfonamides is 1. The highest BCUT2D eigenvalue weighted by atomic mass is 35.5. The zero-order valence-electron chi connectivity index (χ0n) is 17.0. The Morgan fingerprint density at radius 3 is 2.48 bits per heavy atom. The Kier molecular flexibility index (Phi) is 7.85. The van der Waals surface area contributed by atoms with Gasteiger partial charge in [0.15, 0.2) is 0 Å². The lowest BCUT2D eigenvalue weighted by Crippen LogP contribution is -2.30. The van der Waals surface area contributed by atoms with E-state index in [-0.39, 0.29) is 20.5 Å². The van der Waals surface area contributed by atoms with Crippen LogP contribution < -0.4 is 9.83 Å². The van der Waals surface area contributed by atoms with Gasteiger partial charge in [0.25, 0.3) is 10.0 Å². The van der Waals surface area contributed by atoms with Crippen molar-refractivity contribution in [1.82, 2.24) is 4.31 Å². The summed E-state index contributed by atoms with van der Waals surface area (Å²) >= 11 is 14.5. The maximum absolute atomic E-state index is 12.9. The van der Waals surface area contributed by atoms with Gasteiger partial charge >= 0.3 is 0 Å². The van der Waals surface area contributed by atoms with E-state index >= 15 is 0 Å². The molecule has 4 rings (SSSR count). The Bertz CT molecular complexity index is 1260. The standard InChI is InChI=1S/C21H19Cl2N3O4S3/c22-14-1-6-18(25-33(28,29)20-8-7-19(23)31-20)17(13-14)21(27)24-15-2-4-16(5-3-15)32-26-9-11-30-12-10-26/h1-8,13,25H,9-12H2,(H,24,27)/p-1. The number of benzene rings is 2. The second-order valence-corrected chi connectivity index (χ2v) is 12.1. The highest BCUT2D eigenvalue weighted by Gasteiger charge is 2.19. The molecule has 1 fully saturated rings. The van der Waals surface area contributed by atoms with Crippen molar-refractivity contribution >= 4 is 73.8 Å². The summed E-state index contributed by atoms with van der Waals surface area (Å²) in [7, 11) is -3.92. The van der Waals surface area contributed by atoms with Crippen LogP contribution in [-0.2, 0) is 14.8 Å². The van der Waals surface area contributed by atoms with Crippen LogP contribution in [0, 0.1) is 0 Å². The molecule has 0 saturated carbocycles. The minimum atomic E-state index is -3.92. The molecule has 0 aliphatic carbocycles. The highest BCUT2D eigenvalue weighted by molar-refractivity contribution is 7.97. The molecule has 33 heavy (non-hydrogen) atoms. The summed E-state index contributed by atoms with van der Waals surface area (Å²) in [5, 5.41) is 13.2. The summed E-state index contributed by atoms with van der Waals surface area (Å²) in [6, 6.07) is 14.4. The molecule has 0 radical (unpaired) electrons. The Morgan fingerprint density at radius 1 is 1.09 bits per heavy atom. The number of nitrogens with one attached hydrogen (secondary N) is 1. The smallest absolute Gasteiger partial charge is 0.271 e. The van der Waals surface area contributed by atoms with Crippen molar-refractivity contribution in [2.24, 2.45) is 4.99 Å². The molecule has 12 heteroatoms. The fraction of sp³-hybridized carbons (Fsp3) is 0.190. The first-order valence-electron chi connectivity index (χ1n) is 9.75. The van der Waals surface area contributed by atoms with E-state index < -0.39 is 15.9 Å². The number of morpholine rings is 1. The van der Waals surface area contributed by atoms with Crippen LogP contribution >= 0.6 is 46.5 Å². The van der Waals surface area contributed by atoms with Crippen molar-refractivity contribution in [3.8, 4) is 0 Å². The lowest BCUT2D eigenvalue weighted by molar-refractivity contribution is -0.212. The Morgan fingerprint density at radius 2 is 1.82 bits per heavy atom. The minimum absolute atomic E-state index is 0.0335. The van der Waals surface area contributed by atoms with Gasteiger partial charge in [0, 0.05) is 28.6 Å². The first kappa shape index (κ1) is 24.3. The van der Waals surface area contributed by atoms with E-state index in [1.165, 1.54) is 30.3 Å². The van der Waals surface area contributed by atoms with Gasteiger partial charge in [-0.3, -0.25) is 9.71 Å². The normalized spacial score (nSPS) is 15.5. The molecule has 0 amide bonds. The molecule has 1 aliphatic rings. The van der Waals surface area contributed by atoms with Crippen molar-refractivity contribution in [2.75, 3.05) is 31.0 Å². The molecule has 2 aromatic carbocycles. The van der Waals surface area contributed by atoms with Gasteiger partial charge in [-0.25, -0.2) is 12.7 Å². The summed E-state index contributed by atoms with van der Waals surface area (Å²) in [5.74, 6) is -0.618. The summed E-state index contributed by atoms with van der Waals surface area (Å²) in [6.45, 7) is 3.11. The largest absolute Gasteiger partial charge is 0.858 e. The van der Waals surface area contributed by atoms with E-state index in [9.17, 15) is 13.5 Å². The fourth-order valence-corrected chi connectivity index (χ4v) is 6.59. The minimum Gasteiger partial charge on any atom is -0.858 e. The molecule has 3 aromatic rings. The van der Waals surface area contributed by atoms with Crippen molar-refractivity contribution in [2.45, 2.75) is 9.10 Å². The third-order valence-electron chi connectivity index (χ3n) is 4.54. The van der Waals surface area contributed by atoms with Gasteiger partial charge in [-0.15, -0.1) is 11.3 Å². The molecule has 1 aliphatic heterocycles. The van der Waals surface area contributed by atoms with E-state index in [0.717, 1.165) is 29.3 Å². The number of rotatable bonds is 7. The quantitative estimate of drug-likeness (QED) is 0.265. The highest BCUT2D eigenvalue weighted by Crippen LogP contribution is 2.30. The van der Waals surface area contributed by atoms with Gasteiger partial charge in [-0.05, 0) is 72.4 Å². The van der Waals surface area contributed by atoms with E-state index in [0.29, 0.717) is 23.2 Å². The van der Waals surface area contributed by atoms with Crippen LogP contribution in [0.15, 0.2) is 68.7 Å².